The van der Waals surface area contributed by atoms with Crippen molar-refractivity contribution in [2.75, 3.05) is 61.3 Å². The first-order valence-corrected chi connectivity index (χ1v) is 20.7. The molecule has 1 aliphatic heterocycles. The van der Waals surface area contributed by atoms with E-state index in [0.717, 1.165) is 68.9 Å². The van der Waals surface area contributed by atoms with E-state index < -0.39 is 0 Å². The van der Waals surface area contributed by atoms with Crippen molar-refractivity contribution in [2.45, 2.75) is 192 Å². The van der Waals surface area contributed by atoms with Crippen molar-refractivity contribution in [1.29, 1.82) is 0 Å². The van der Waals surface area contributed by atoms with Crippen LogP contribution in [0.3, 0.4) is 0 Å². The molecule has 1 heterocycles. The van der Waals surface area contributed by atoms with Gasteiger partial charge in [0.25, 0.3) is 0 Å². The number of methoxy groups -OCH3 is 2. The number of hydrogen-bond donors (Lipinski definition) is 0. The van der Waals surface area contributed by atoms with E-state index in [9.17, 15) is 0 Å². The highest BCUT2D eigenvalue weighted by atomic mass is 16.5. The predicted molar refractivity (Wildman–Crippen MR) is 217 cm³/mol. The van der Waals surface area contributed by atoms with Crippen molar-refractivity contribution in [3.8, 4) is 0 Å². The van der Waals surface area contributed by atoms with E-state index >= 15 is 0 Å². The summed E-state index contributed by atoms with van der Waals surface area (Å²) in [6, 6.07) is 0. The molecule has 0 radical (unpaired) electrons. The summed E-state index contributed by atoms with van der Waals surface area (Å²) in [4.78, 5) is 2.18. The first kappa shape index (κ1) is 56.2. The van der Waals surface area contributed by atoms with E-state index in [1.54, 1.807) is 14.2 Å². The van der Waals surface area contributed by atoms with Gasteiger partial charge in [-0.05, 0) is 70.0 Å². The molecule has 3 aliphatic carbocycles. The molecule has 0 bridgehead atoms. The lowest BCUT2D eigenvalue weighted by atomic mass is 9.84. The maximum Gasteiger partial charge on any atom is 0.0516 e. The van der Waals surface area contributed by atoms with Crippen molar-refractivity contribution in [3.63, 3.8) is 0 Å². The Hall–Kier alpha value is -0.160. The Bertz CT molecular complexity index is 453. The second kappa shape index (κ2) is 50.2. The van der Waals surface area contributed by atoms with E-state index in [4.69, 9.17) is 14.2 Å². The van der Waals surface area contributed by atoms with Crippen molar-refractivity contribution < 1.29 is 14.2 Å². The minimum Gasteiger partial charge on any atom is -0.385 e. The van der Waals surface area contributed by atoms with E-state index in [2.05, 4.69) is 102 Å². The van der Waals surface area contributed by atoms with Crippen LogP contribution in [-0.4, -0.2) is 66.2 Å². The van der Waals surface area contributed by atoms with E-state index in [1.165, 1.54) is 103 Å². The summed E-state index contributed by atoms with van der Waals surface area (Å²) in [5.74, 6) is 5.14. The van der Waals surface area contributed by atoms with Crippen LogP contribution in [0.1, 0.15) is 192 Å². The molecule has 0 aromatic heterocycles. The van der Waals surface area contributed by atoms with E-state index in [1.807, 2.05) is 0 Å². The topological polar surface area (TPSA) is 30.9 Å². The van der Waals surface area contributed by atoms with Crippen molar-refractivity contribution in [1.82, 2.24) is 4.90 Å². The fourth-order valence-electron chi connectivity index (χ4n) is 3.60. The largest absolute Gasteiger partial charge is 0.385 e. The second-order valence-corrected chi connectivity index (χ2v) is 14.6. The van der Waals surface area contributed by atoms with Gasteiger partial charge in [0.05, 0.1) is 13.2 Å². The van der Waals surface area contributed by atoms with Gasteiger partial charge in [-0.2, -0.15) is 0 Å². The molecular formula is C43H97NO3. The fraction of sp³-hybridized carbons (Fsp3) is 1.00. The molecule has 4 aliphatic rings. The molecule has 47 heavy (non-hydrogen) atoms. The highest BCUT2D eigenvalue weighted by Crippen LogP contribution is 2.33. The zero-order chi connectivity index (χ0) is 37.1. The third-order valence-electron chi connectivity index (χ3n) is 7.77. The summed E-state index contributed by atoms with van der Waals surface area (Å²) in [5.41, 5.74) is 0. The molecule has 0 aromatic carbocycles. The highest BCUT2D eigenvalue weighted by Gasteiger charge is 2.19. The van der Waals surface area contributed by atoms with Gasteiger partial charge in [-0.3, -0.25) is 0 Å². The van der Waals surface area contributed by atoms with Crippen LogP contribution in [0.15, 0.2) is 0 Å². The zero-order valence-electron chi connectivity index (χ0n) is 36.1. The summed E-state index contributed by atoms with van der Waals surface area (Å²) in [6.45, 7) is 31.3. The molecular weight excluding hydrogens is 578 g/mol. The van der Waals surface area contributed by atoms with Crippen LogP contribution in [0, 0.1) is 29.6 Å². The van der Waals surface area contributed by atoms with E-state index in [-0.39, 0.29) is 0 Å². The Morgan fingerprint density at radius 2 is 1.02 bits per heavy atom. The summed E-state index contributed by atoms with van der Waals surface area (Å²) in [5, 5.41) is 0. The standard InChI is InChI=1S/C6H12O.2C6H12.C5H13N.C5H12.2C4H10O.C4H8.C3H8/c1-2-3-6-4-7-5-6;1-2-6-4-3-5-6;1-2-3-6-4-5-6;1-4-5-6(2)3;1-4-5(2)3;2*1-3-4-5-2;1-4-2-3-4;1-3-2/h6H,2-5H2,1H3;2*6H,2-5H2,1H3;4-5H2,1-3H3;5H,4H2,1-3H3;2*3-4H2,1-2H3;4H,2-3H2,1H3;3H2,1-2H3. The molecule has 4 fully saturated rings. The van der Waals surface area contributed by atoms with E-state index in [0.29, 0.717) is 0 Å². The SMILES string of the molecule is CC1CC1.CCC.CCC(C)C.CCC1CCC1.CCCC1CC1.CCCC1COC1.CCCN(C)C.CCCOC.CCCOC. The molecule has 292 valence electrons. The van der Waals surface area contributed by atoms with Crippen molar-refractivity contribution in [3.05, 3.63) is 0 Å². The molecule has 4 heteroatoms. The Morgan fingerprint density at radius 3 is 1.06 bits per heavy atom. The molecule has 0 amide bonds. The van der Waals surface area contributed by atoms with Gasteiger partial charge in [-0.15, -0.1) is 0 Å². The fourth-order valence-corrected chi connectivity index (χ4v) is 3.60. The smallest absolute Gasteiger partial charge is 0.0516 e. The number of hydrogen-bond acceptors (Lipinski definition) is 4. The first-order chi connectivity index (χ1) is 22.5. The lowest BCUT2D eigenvalue weighted by molar-refractivity contribution is -0.0356. The quantitative estimate of drug-likeness (QED) is 0.206. The third kappa shape index (κ3) is 72.6. The van der Waals surface area contributed by atoms with Crippen LogP contribution in [0.4, 0.5) is 0 Å². The molecule has 1 saturated heterocycles. The third-order valence-corrected chi connectivity index (χ3v) is 7.77. The molecule has 0 aromatic rings. The second-order valence-electron chi connectivity index (χ2n) is 14.6. The van der Waals surface area contributed by atoms with Crippen LogP contribution >= 0.6 is 0 Å². The number of nitrogens with zero attached hydrogens (tertiary/aromatic N) is 1. The molecule has 4 rings (SSSR count). The summed E-state index contributed by atoms with van der Waals surface area (Å²) in [6.07, 6.45) is 23.6. The first-order valence-electron chi connectivity index (χ1n) is 20.7. The van der Waals surface area contributed by atoms with Gasteiger partial charge >= 0.3 is 0 Å². The van der Waals surface area contributed by atoms with Gasteiger partial charge in [0.1, 0.15) is 0 Å². The Morgan fingerprint density at radius 1 is 0.617 bits per heavy atom. The maximum atomic E-state index is 4.99. The monoisotopic (exact) mass is 676 g/mol. The maximum absolute atomic E-state index is 4.99. The van der Waals surface area contributed by atoms with Gasteiger partial charge in [0, 0.05) is 33.4 Å². The Balaban J connectivity index is -0.000000142. The Kier molecular flexibility index (Phi) is 60.1. The lowest BCUT2D eigenvalue weighted by Gasteiger charge is -2.24. The van der Waals surface area contributed by atoms with Crippen LogP contribution < -0.4 is 0 Å². The average Bonchev–Trinajstić information content (AvgIpc) is 3.93. The van der Waals surface area contributed by atoms with Gasteiger partial charge < -0.3 is 19.1 Å². The highest BCUT2D eigenvalue weighted by molar-refractivity contribution is 4.71. The summed E-state index contributed by atoms with van der Waals surface area (Å²) in [7, 11) is 7.60. The minimum atomic E-state index is 0.884. The minimum absolute atomic E-state index is 0.884. The molecule has 0 atom stereocenters. The summed E-state index contributed by atoms with van der Waals surface area (Å²) < 4.78 is 14.4. The van der Waals surface area contributed by atoms with Crippen LogP contribution in [0.5, 0.6) is 0 Å². The molecule has 4 nitrogen and oxygen atoms in total. The van der Waals surface area contributed by atoms with Crippen molar-refractivity contribution >= 4 is 0 Å². The van der Waals surface area contributed by atoms with Gasteiger partial charge in [-0.1, -0.05) is 167 Å². The van der Waals surface area contributed by atoms with Crippen LogP contribution in [-0.2, 0) is 14.2 Å². The number of ether oxygens (including phenoxy) is 3. The summed E-state index contributed by atoms with van der Waals surface area (Å²) >= 11 is 0. The molecule has 0 unspecified atom stereocenters. The average molecular weight is 676 g/mol. The van der Waals surface area contributed by atoms with Gasteiger partial charge in [-0.25, -0.2) is 0 Å². The Labute approximate surface area is 301 Å². The van der Waals surface area contributed by atoms with Crippen LogP contribution in [0.25, 0.3) is 0 Å². The van der Waals surface area contributed by atoms with Gasteiger partial charge in [0.15, 0.2) is 0 Å². The molecule has 0 spiro atoms. The van der Waals surface area contributed by atoms with Gasteiger partial charge in [0.2, 0.25) is 0 Å². The molecule has 0 N–H and O–H groups in total. The molecule has 3 saturated carbocycles. The lowest BCUT2D eigenvalue weighted by Crippen LogP contribution is -2.26. The zero-order valence-corrected chi connectivity index (χ0v) is 36.1. The van der Waals surface area contributed by atoms with Crippen molar-refractivity contribution in [2.24, 2.45) is 29.6 Å². The predicted octanol–water partition coefficient (Wildman–Crippen LogP) is 13.8. The van der Waals surface area contributed by atoms with Crippen LogP contribution in [0.2, 0.25) is 0 Å². The number of rotatable bonds is 12. The normalized spacial score (nSPS) is 15.7.